The Bertz CT molecular complexity index is 450. The zero-order chi connectivity index (χ0) is 11.4. The fraction of sp³-hybridized carbons (Fsp3) is 0.385. The third-order valence-electron chi connectivity index (χ3n) is 2.74. The molecule has 0 atom stereocenters. The normalized spacial score (nSPS) is 11.4. The molecule has 0 unspecified atom stereocenters. The number of rotatable bonds is 5. The van der Waals surface area contributed by atoms with Crippen molar-refractivity contribution in [2.24, 2.45) is 0 Å². The number of hydrogen-bond donors (Lipinski definition) is 1. The quantitative estimate of drug-likeness (QED) is 0.833. The molecule has 1 heterocycles. The summed E-state index contributed by atoms with van der Waals surface area (Å²) in [6.07, 6.45) is 1.86. The fourth-order valence-electron chi connectivity index (χ4n) is 1.83. The Hall–Kier alpha value is -1.32. The third-order valence-corrected chi connectivity index (χ3v) is 2.74. The Balaban J connectivity index is 2.09. The van der Waals surface area contributed by atoms with Crippen molar-refractivity contribution in [3.05, 3.63) is 36.1 Å². The minimum Gasteiger partial charge on any atom is -0.464 e. The van der Waals surface area contributed by atoms with E-state index >= 15 is 0 Å². The van der Waals surface area contributed by atoms with Crippen molar-refractivity contribution < 1.29 is 4.42 Å². The van der Waals surface area contributed by atoms with Crippen molar-refractivity contribution in [3.8, 4) is 0 Å². The smallest absolute Gasteiger partial charge is 0.134 e. The van der Waals surface area contributed by atoms with Crippen molar-refractivity contribution in [2.45, 2.75) is 6.54 Å². The van der Waals surface area contributed by atoms with E-state index in [9.17, 15) is 0 Å². The molecule has 0 saturated carbocycles. The molecule has 1 N–H and O–H groups in total. The van der Waals surface area contributed by atoms with E-state index in [0.717, 1.165) is 25.2 Å². The lowest BCUT2D eigenvalue weighted by molar-refractivity contribution is 0.328. The van der Waals surface area contributed by atoms with Gasteiger partial charge in [0.05, 0.1) is 6.26 Å². The second kappa shape index (κ2) is 5.14. The summed E-state index contributed by atoms with van der Waals surface area (Å²) in [5.41, 5.74) is 2.23. The second-order valence-electron chi connectivity index (χ2n) is 4.10. The molecule has 16 heavy (non-hydrogen) atoms. The highest BCUT2D eigenvalue weighted by Gasteiger charge is 2.07. The Labute approximate surface area is 96.0 Å². The summed E-state index contributed by atoms with van der Waals surface area (Å²) in [6, 6.07) is 8.17. The number of para-hydroxylation sites is 1. The van der Waals surface area contributed by atoms with Gasteiger partial charge in [-0.1, -0.05) is 18.2 Å². The molecule has 1 aromatic carbocycles. The van der Waals surface area contributed by atoms with E-state index < -0.39 is 0 Å². The lowest BCUT2D eigenvalue weighted by Gasteiger charge is -2.15. The van der Waals surface area contributed by atoms with Crippen LogP contribution < -0.4 is 5.32 Å². The Morgan fingerprint density at radius 1 is 1.31 bits per heavy atom. The van der Waals surface area contributed by atoms with Gasteiger partial charge in [-0.05, 0) is 20.2 Å². The van der Waals surface area contributed by atoms with Gasteiger partial charge in [0.15, 0.2) is 0 Å². The molecule has 0 saturated heterocycles. The average Bonchev–Trinajstić information content (AvgIpc) is 2.70. The molecule has 0 fully saturated rings. The maximum Gasteiger partial charge on any atom is 0.134 e. The molecule has 3 nitrogen and oxygen atoms in total. The molecular weight excluding hydrogens is 200 g/mol. The number of fused-ring (bicyclic) bond motifs is 1. The van der Waals surface area contributed by atoms with E-state index in [1.807, 2.05) is 25.4 Å². The number of furan rings is 1. The molecule has 0 aliphatic carbocycles. The van der Waals surface area contributed by atoms with Crippen LogP contribution in [-0.4, -0.2) is 32.1 Å². The lowest BCUT2D eigenvalue weighted by atomic mass is 10.2. The SMILES string of the molecule is CNCCN(C)Cc1coc2ccccc12. The summed E-state index contributed by atoms with van der Waals surface area (Å²) < 4.78 is 5.51. The van der Waals surface area contributed by atoms with Crippen LogP contribution in [0.15, 0.2) is 34.9 Å². The third kappa shape index (κ3) is 2.43. The van der Waals surface area contributed by atoms with Crippen LogP contribution in [-0.2, 0) is 6.54 Å². The van der Waals surface area contributed by atoms with E-state index in [1.54, 1.807) is 0 Å². The van der Waals surface area contributed by atoms with Crippen LogP contribution in [0, 0.1) is 0 Å². The molecule has 0 spiro atoms. The van der Waals surface area contributed by atoms with Crippen LogP contribution in [0.5, 0.6) is 0 Å². The Morgan fingerprint density at radius 2 is 2.12 bits per heavy atom. The Kier molecular flexibility index (Phi) is 3.59. The van der Waals surface area contributed by atoms with Crippen molar-refractivity contribution in [1.29, 1.82) is 0 Å². The standard InChI is InChI=1S/C13H18N2O/c1-14-7-8-15(2)9-11-10-16-13-6-4-3-5-12(11)13/h3-6,10,14H,7-9H2,1-2H3. The van der Waals surface area contributed by atoms with E-state index in [4.69, 9.17) is 4.42 Å². The maximum atomic E-state index is 5.51. The van der Waals surface area contributed by atoms with E-state index in [2.05, 4.69) is 29.4 Å². The minimum absolute atomic E-state index is 0.929. The summed E-state index contributed by atoms with van der Waals surface area (Å²) in [7, 11) is 4.10. The fourth-order valence-corrected chi connectivity index (χ4v) is 1.83. The number of hydrogen-bond acceptors (Lipinski definition) is 3. The molecule has 0 radical (unpaired) electrons. The first-order valence-corrected chi connectivity index (χ1v) is 5.59. The number of nitrogens with zero attached hydrogens (tertiary/aromatic N) is 1. The first-order chi connectivity index (χ1) is 7.81. The highest BCUT2D eigenvalue weighted by atomic mass is 16.3. The largest absolute Gasteiger partial charge is 0.464 e. The second-order valence-corrected chi connectivity index (χ2v) is 4.10. The van der Waals surface area contributed by atoms with Gasteiger partial charge in [-0.3, -0.25) is 0 Å². The van der Waals surface area contributed by atoms with Gasteiger partial charge < -0.3 is 14.6 Å². The molecule has 2 aromatic rings. The topological polar surface area (TPSA) is 28.4 Å². The molecule has 0 amide bonds. The van der Waals surface area contributed by atoms with Crippen LogP contribution in [0.25, 0.3) is 11.0 Å². The van der Waals surface area contributed by atoms with Gasteiger partial charge in [-0.25, -0.2) is 0 Å². The zero-order valence-corrected chi connectivity index (χ0v) is 9.86. The van der Waals surface area contributed by atoms with Gasteiger partial charge in [0.1, 0.15) is 5.58 Å². The number of nitrogens with one attached hydrogen (secondary N) is 1. The molecule has 86 valence electrons. The molecule has 0 aliphatic heterocycles. The van der Waals surface area contributed by atoms with Crippen molar-refractivity contribution in [2.75, 3.05) is 27.2 Å². The van der Waals surface area contributed by atoms with Crippen LogP contribution in [0.1, 0.15) is 5.56 Å². The molecule has 0 aliphatic rings. The average molecular weight is 218 g/mol. The van der Waals surface area contributed by atoms with Crippen molar-refractivity contribution in [1.82, 2.24) is 10.2 Å². The van der Waals surface area contributed by atoms with Crippen molar-refractivity contribution >= 4 is 11.0 Å². The van der Waals surface area contributed by atoms with Crippen LogP contribution in [0.3, 0.4) is 0 Å². The number of benzene rings is 1. The Morgan fingerprint density at radius 3 is 2.94 bits per heavy atom. The number of likely N-dealkylation sites (N-methyl/N-ethyl adjacent to an activating group) is 2. The molecular formula is C13H18N2O. The monoisotopic (exact) mass is 218 g/mol. The summed E-state index contributed by atoms with van der Waals surface area (Å²) in [5.74, 6) is 0. The van der Waals surface area contributed by atoms with E-state index in [-0.39, 0.29) is 0 Å². The van der Waals surface area contributed by atoms with Crippen LogP contribution in [0.2, 0.25) is 0 Å². The molecule has 1 aromatic heterocycles. The van der Waals surface area contributed by atoms with Gasteiger partial charge in [0.2, 0.25) is 0 Å². The zero-order valence-electron chi connectivity index (χ0n) is 9.86. The first-order valence-electron chi connectivity index (χ1n) is 5.59. The van der Waals surface area contributed by atoms with Gasteiger partial charge in [0, 0.05) is 30.6 Å². The maximum absolute atomic E-state index is 5.51. The summed E-state index contributed by atoms with van der Waals surface area (Å²) in [6.45, 7) is 2.97. The molecule has 0 bridgehead atoms. The summed E-state index contributed by atoms with van der Waals surface area (Å²) in [4.78, 5) is 2.29. The van der Waals surface area contributed by atoms with Gasteiger partial charge in [-0.15, -0.1) is 0 Å². The minimum atomic E-state index is 0.929. The van der Waals surface area contributed by atoms with Gasteiger partial charge in [0.25, 0.3) is 0 Å². The summed E-state index contributed by atoms with van der Waals surface area (Å²) in [5, 5.41) is 4.37. The molecule has 3 heteroatoms. The first kappa shape index (κ1) is 11.2. The van der Waals surface area contributed by atoms with Gasteiger partial charge >= 0.3 is 0 Å². The van der Waals surface area contributed by atoms with E-state index in [1.165, 1.54) is 10.9 Å². The molecule has 2 rings (SSSR count). The van der Waals surface area contributed by atoms with Crippen molar-refractivity contribution in [3.63, 3.8) is 0 Å². The van der Waals surface area contributed by atoms with Crippen LogP contribution >= 0.6 is 0 Å². The summed E-state index contributed by atoms with van der Waals surface area (Å²) >= 11 is 0. The highest BCUT2D eigenvalue weighted by Crippen LogP contribution is 2.21. The van der Waals surface area contributed by atoms with Crippen LogP contribution in [0.4, 0.5) is 0 Å². The van der Waals surface area contributed by atoms with E-state index in [0.29, 0.717) is 0 Å². The highest BCUT2D eigenvalue weighted by molar-refractivity contribution is 5.80. The lowest BCUT2D eigenvalue weighted by Crippen LogP contribution is -2.26. The predicted octanol–water partition coefficient (Wildman–Crippen LogP) is 2.08. The van der Waals surface area contributed by atoms with Gasteiger partial charge in [-0.2, -0.15) is 0 Å². The predicted molar refractivity (Wildman–Crippen MR) is 66.5 cm³/mol.